The zero-order chi connectivity index (χ0) is 20.4. The standard InChI is InChI=1S/C23H24ClFN2O2/c24-18-4-1-15(2-5-18)13-16-9-11-27(12-10-16)21-7-3-17(14-20(21)25)19-6-8-22(28)26-23(19)29/h1-5,7,14,16,19H,6,8-13H2,(H,26,28,29). The summed E-state index contributed by atoms with van der Waals surface area (Å²) in [5.74, 6) is -0.774. The lowest BCUT2D eigenvalue weighted by atomic mass is 9.89. The van der Waals surface area contributed by atoms with Crippen LogP contribution in [0.25, 0.3) is 0 Å². The van der Waals surface area contributed by atoms with Crippen molar-refractivity contribution in [2.24, 2.45) is 5.92 Å². The van der Waals surface area contributed by atoms with Gasteiger partial charge in [0.25, 0.3) is 0 Å². The van der Waals surface area contributed by atoms with E-state index in [1.807, 2.05) is 18.2 Å². The maximum atomic E-state index is 14.8. The van der Waals surface area contributed by atoms with Crippen LogP contribution >= 0.6 is 11.6 Å². The number of hydrogen-bond donors (Lipinski definition) is 1. The summed E-state index contributed by atoms with van der Waals surface area (Å²) in [7, 11) is 0. The van der Waals surface area contributed by atoms with E-state index in [1.54, 1.807) is 6.07 Å². The number of halogens is 2. The van der Waals surface area contributed by atoms with Crippen LogP contribution in [0.4, 0.5) is 10.1 Å². The number of nitrogens with one attached hydrogen (secondary N) is 1. The maximum absolute atomic E-state index is 14.8. The molecular formula is C23H24ClFN2O2. The Bertz CT molecular complexity index is 908. The van der Waals surface area contributed by atoms with Crippen LogP contribution in [0.5, 0.6) is 0 Å². The van der Waals surface area contributed by atoms with E-state index >= 15 is 0 Å². The van der Waals surface area contributed by atoms with Crippen molar-refractivity contribution in [1.82, 2.24) is 5.32 Å². The third-order valence-corrected chi connectivity index (χ3v) is 6.26. The van der Waals surface area contributed by atoms with Gasteiger partial charge in [0.15, 0.2) is 0 Å². The van der Waals surface area contributed by atoms with Crippen LogP contribution in [0.2, 0.25) is 5.02 Å². The number of carbonyl (C=O) groups is 2. The Labute approximate surface area is 175 Å². The Morgan fingerprint density at radius 2 is 1.76 bits per heavy atom. The molecule has 2 aromatic rings. The second kappa shape index (κ2) is 8.54. The van der Waals surface area contributed by atoms with Crippen molar-refractivity contribution in [1.29, 1.82) is 0 Å². The third kappa shape index (κ3) is 4.61. The van der Waals surface area contributed by atoms with Crippen LogP contribution < -0.4 is 10.2 Å². The van der Waals surface area contributed by atoms with Gasteiger partial charge in [-0.1, -0.05) is 29.8 Å². The lowest BCUT2D eigenvalue weighted by Gasteiger charge is -2.34. The molecule has 0 saturated carbocycles. The fourth-order valence-electron chi connectivity index (χ4n) is 4.34. The summed E-state index contributed by atoms with van der Waals surface area (Å²) in [6.45, 7) is 1.62. The monoisotopic (exact) mass is 414 g/mol. The molecule has 2 saturated heterocycles. The SMILES string of the molecule is O=C1CCC(c2ccc(N3CCC(Cc4ccc(Cl)cc4)CC3)c(F)c2)C(=O)N1. The molecule has 29 heavy (non-hydrogen) atoms. The number of benzene rings is 2. The minimum absolute atomic E-state index is 0.259. The average Bonchev–Trinajstić information content (AvgIpc) is 2.70. The molecule has 2 aliphatic rings. The lowest BCUT2D eigenvalue weighted by Crippen LogP contribution is -2.39. The van der Waals surface area contributed by atoms with Gasteiger partial charge in [-0.15, -0.1) is 0 Å². The van der Waals surface area contributed by atoms with E-state index in [9.17, 15) is 14.0 Å². The first-order chi connectivity index (χ1) is 14.0. The molecule has 0 bridgehead atoms. The van der Waals surface area contributed by atoms with Crippen molar-refractivity contribution in [2.45, 2.75) is 38.0 Å². The molecule has 2 heterocycles. The predicted molar refractivity (Wildman–Crippen MR) is 112 cm³/mol. The Balaban J connectivity index is 1.37. The molecule has 1 atom stereocenters. The number of anilines is 1. The van der Waals surface area contributed by atoms with E-state index in [-0.39, 0.29) is 17.6 Å². The maximum Gasteiger partial charge on any atom is 0.234 e. The second-order valence-corrected chi connectivity index (χ2v) is 8.41. The summed E-state index contributed by atoms with van der Waals surface area (Å²) >= 11 is 5.95. The molecule has 2 fully saturated rings. The summed E-state index contributed by atoms with van der Waals surface area (Å²) in [4.78, 5) is 25.4. The quantitative estimate of drug-likeness (QED) is 0.751. The molecule has 1 unspecified atom stereocenters. The number of carbonyl (C=O) groups excluding carboxylic acids is 2. The molecule has 4 rings (SSSR count). The fourth-order valence-corrected chi connectivity index (χ4v) is 4.47. The highest BCUT2D eigenvalue weighted by atomic mass is 35.5. The largest absolute Gasteiger partial charge is 0.369 e. The molecular weight excluding hydrogens is 391 g/mol. The summed E-state index contributed by atoms with van der Waals surface area (Å²) in [5.41, 5.74) is 2.51. The van der Waals surface area contributed by atoms with Gasteiger partial charge >= 0.3 is 0 Å². The zero-order valence-corrected chi connectivity index (χ0v) is 16.9. The van der Waals surface area contributed by atoms with Crippen LogP contribution in [0.1, 0.15) is 42.7 Å². The molecule has 2 aromatic carbocycles. The van der Waals surface area contributed by atoms with Gasteiger partial charge in [0, 0.05) is 24.5 Å². The van der Waals surface area contributed by atoms with Gasteiger partial charge in [-0.25, -0.2) is 4.39 Å². The van der Waals surface area contributed by atoms with Gasteiger partial charge in [-0.05, 0) is 67.0 Å². The van der Waals surface area contributed by atoms with Gasteiger partial charge in [0.05, 0.1) is 11.6 Å². The first kappa shape index (κ1) is 19.9. The van der Waals surface area contributed by atoms with Gasteiger partial charge in [0.1, 0.15) is 5.82 Å². The highest BCUT2D eigenvalue weighted by molar-refractivity contribution is 6.30. The number of nitrogens with zero attached hydrogens (tertiary/aromatic N) is 1. The summed E-state index contributed by atoms with van der Waals surface area (Å²) in [6.07, 6.45) is 3.76. The van der Waals surface area contributed by atoms with Crippen LogP contribution in [0.3, 0.4) is 0 Å². The first-order valence-electron chi connectivity index (χ1n) is 10.1. The number of rotatable bonds is 4. The van der Waals surface area contributed by atoms with Gasteiger partial charge < -0.3 is 4.90 Å². The topological polar surface area (TPSA) is 49.4 Å². The lowest BCUT2D eigenvalue weighted by molar-refractivity contribution is -0.134. The molecule has 0 radical (unpaired) electrons. The Hall–Kier alpha value is -2.40. The molecule has 2 amide bonds. The van der Waals surface area contributed by atoms with Crippen LogP contribution in [-0.4, -0.2) is 24.9 Å². The van der Waals surface area contributed by atoms with Crippen LogP contribution in [-0.2, 0) is 16.0 Å². The summed E-state index contributed by atoms with van der Waals surface area (Å²) in [6, 6.07) is 13.0. The van der Waals surface area contributed by atoms with Crippen molar-refractivity contribution in [3.05, 3.63) is 64.4 Å². The van der Waals surface area contributed by atoms with Crippen molar-refractivity contribution < 1.29 is 14.0 Å². The van der Waals surface area contributed by atoms with Crippen molar-refractivity contribution in [2.75, 3.05) is 18.0 Å². The number of hydrogen-bond acceptors (Lipinski definition) is 3. The number of piperidine rings is 2. The molecule has 152 valence electrons. The van der Waals surface area contributed by atoms with Gasteiger partial charge in [-0.3, -0.25) is 14.9 Å². The first-order valence-corrected chi connectivity index (χ1v) is 10.5. The average molecular weight is 415 g/mol. The summed E-state index contributed by atoms with van der Waals surface area (Å²) in [5, 5.41) is 3.08. The zero-order valence-electron chi connectivity index (χ0n) is 16.2. The van der Waals surface area contributed by atoms with Crippen molar-refractivity contribution >= 4 is 29.1 Å². The van der Waals surface area contributed by atoms with Crippen molar-refractivity contribution in [3.8, 4) is 0 Å². The van der Waals surface area contributed by atoms with E-state index in [4.69, 9.17) is 11.6 Å². The van der Waals surface area contributed by atoms with E-state index in [2.05, 4.69) is 22.3 Å². The fraction of sp³-hybridized carbons (Fsp3) is 0.391. The normalized spacial score (nSPS) is 20.6. The van der Waals surface area contributed by atoms with E-state index < -0.39 is 5.92 Å². The molecule has 2 aliphatic heterocycles. The highest BCUT2D eigenvalue weighted by Crippen LogP contribution is 2.31. The van der Waals surface area contributed by atoms with E-state index in [0.717, 1.165) is 37.4 Å². The molecule has 6 heteroatoms. The van der Waals surface area contributed by atoms with Crippen LogP contribution in [0, 0.1) is 11.7 Å². The Morgan fingerprint density at radius 1 is 1.03 bits per heavy atom. The minimum atomic E-state index is -0.457. The van der Waals surface area contributed by atoms with Gasteiger partial charge in [-0.2, -0.15) is 0 Å². The van der Waals surface area contributed by atoms with Crippen LogP contribution in [0.15, 0.2) is 42.5 Å². The predicted octanol–water partition coefficient (Wildman–Crippen LogP) is 4.46. The second-order valence-electron chi connectivity index (χ2n) is 7.98. The minimum Gasteiger partial charge on any atom is -0.369 e. The van der Waals surface area contributed by atoms with Gasteiger partial charge in [0.2, 0.25) is 11.8 Å². The number of imide groups is 1. The smallest absolute Gasteiger partial charge is 0.234 e. The molecule has 4 nitrogen and oxygen atoms in total. The molecule has 0 aromatic heterocycles. The van der Waals surface area contributed by atoms with Crippen molar-refractivity contribution in [3.63, 3.8) is 0 Å². The molecule has 0 aliphatic carbocycles. The Kier molecular flexibility index (Phi) is 5.86. The number of amides is 2. The summed E-state index contributed by atoms with van der Waals surface area (Å²) < 4.78 is 14.8. The molecule has 0 spiro atoms. The van der Waals surface area contributed by atoms with E-state index in [1.165, 1.54) is 11.6 Å². The highest BCUT2D eigenvalue weighted by Gasteiger charge is 2.29. The van der Waals surface area contributed by atoms with E-state index in [0.29, 0.717) is 30.0 Å². The Morgan fingerprint density at radius 3 is 2.41 bits per heavy atom. The molecule has 1 N–H and O–H groups in total. The third-order valence-electron chi connectivity index (χ3n) is 6.01.